The van der Waals surface area contributed by atoms with Crippen molar-refractivity contribution in [1.82, 2.24) is 14.9 Å². The smallest absolute Gasteiger partial charge is 0.340 e. The highest BCUT2D eigenvalue weighted by Crippen LogP contribution is 2.30. The van der Waals surface area contributed by atoms with Crippen LogP contribution in [0.1, 0.15) is 18.1 Å². The molecule has 2 heterocycles. The van der Waals surface area contributed by atoms with Gasteiger partial charge in [-0.2, -0.15) is 9.78 Å². The van der Waals surface area contributed by atoms with E-state index in [0.717, 1.165) is 22.4 Å². The van der Waals surface area contributed by atoms with E-state index in [2.05, 4.69) is 10.2 Å². The third-order valence-electron chi connectivity index (χ3n) is 4.68. The standard InChI is InChI=1S/C23H22N4O3S/c1-4-30-22(28)19(13-16-7-5-6-15(2)12-16)20-14-31-23-25-24-21(27(23)26-20)17-8-10-18(29-3)11-9-17/h5-13H,4,14H2,1-3H3/b19-13-. The largest absolute Gasteiger partial charge is 0.497 e. The van der Waals surface area contributed by atoms with Gasteiger partial charge < -0.3 is 9.47 Å². The van der Waals surface area contributed by atoms with E-state index in [0.29, 0.717) is 34.6 Å². The normalized spacial score (nSPS) is 13.4. The lowest BCUT2D eigenvalue weighted by Gasteiger charge is -2.16. The SMILES string of the molecule is CCOC(=O)/C(=C\c1cccc(C)c1)C1=Nn2c(nnc2-c2ccc(OC)cc2)SC1. The van der Waals surface area contributed by atoms with Gasteiger partial charge in [0.25, 0.3) is 0 Å². The van der Waals surface area contributed by atoms with Crippen molar-refractivity contribution in [3.05, 3.63) is 65.2 Å². The van der Waals surface area contributed by atoms with E-state index >= 15 is 0 Å². The van der Waals surface area contributed by atoms with Gasteiger partial charge in [-0.05, 0) is 49.8 Å². The minimum atomic E-state index is -0.397. The van der Waals surface area contributed by atoms with Gasteiger partial charge in [-0.1, -0.05) is 41.6 Å². The van der Waals surface area contributed by atoms with Crippen molar-refractivity contribution in [3.63, 3.8) is 0 Å². The van der Waals surface area contributed by atoms with Crippen LogP contribution in [0.15, 0.2) is 64.4 Å². The fraction of sp³-hybridized carbons (Fsp3) is 0.217. The summed E-state index contributed by atoms with van der Waals surface area (Å²) in [4.78, 5) is 12.8. The number of hydrogen-bond donors (Lipinski definition) is 0. The molecule has 0 spiro atoms. The number of esters is 1. The first-order valence-electron chi connectivity index (χ1n) is 9.85. The highest BCUT2D eigenvalue weighted by atomic mass is 32.2. The Morgan fingerprint density at radius 1 is 1.19 bits per heavy atom. The minimum Gasteiger partial charge on any atom is -0.497 e. The molecule has 31 heavy (non-hydrogen) atoms. The van der Waals surface area contributed by atoms with Crippen molar-refractivity contribution in [1.29, 1.82) is 0 Å². The van der Waals surface area contributed by atoms with Crippen LogP contribution in [0.3, 0.4) is 0 Å². The van der Waals surface area contributed by atoms with Crippen LogP contribution in [0.2, 0.25) is 0 Å². The summed E-state index contributed by atoms with van der Waals surface area (Å²) in [5.74, 6) is 1.45. The fourth-order valence-corrected chi connectivity index (χ4v) is 4.00. The van der Waals surface area contributed by atoms with Gasteiger partial charge >= 0.3 is 5.97 Å². The number of rotatable bonds is 6. The van der Waals surface area contributed by atoms with Gasteiger partial charge in [0.05, 0.1) is 25.0 Å². The summed E-state index contributed by atoms with van der Waals surface area (Å²) in [5.41, 5.74) is 3.93. The maximum Gasteiger partial charge on any atom is 0.340 e. The number of aryl methyl sites for hydroxylation is 1. The van der Waals surface area contributed by atoms with Crippen molar-refractivity contribution >= 4 is 29.5 Å². The van der Waals surface area contributed by atoms with Gasteiger partial charge in [0, 0.05) is 11.3 Å². The lowest BCUT2D eigenvalue weighted by molar-refractivity contribution is -0.137. The number of hydrogen-bond acceptors (Lipinski definition) is 7. The lowest BCUT2D eigenvalue weighted by atomic mass is 10.1. The summed E-state index contributed by atoms with van der Waals surface area (Å²) in [6.45, 7) is 4.10. The van der Waals surface area contributed by atoms with Crippen molar-refractivity contribution in [2.45, 2.75) is 19.0 Å². The number of methoxy groups -OCH3 is 1. The van der Waals surface area contributed by atoms with Gasteiger partial charge in [-0.15, -0.1) is 10.2 Å². The summed E-state index contributed by atoms with van der Waals surface area (Å²) in [5, 5.41) is 14.0. The second-order valence-corrected chi connectivity index (χ2v) is 7.82. The predicted molar refractivity (Wildman–Crippen MR) is 121 cm³/mol. The number of fused-ring (bicyclic) bond motifs is 1. The van der Waals surface area contributed by atoms with Crippen LogP contribution in [0, 0.1) is 6.92 Å². The molecule has 1 aliphatic heterocycles. The third kappa shape index (κ3) is 4.54. The number of nitrogens with zero attached hydrogens (tertiary/aromatic N) is 4. The quantitative estimate of drug-likeness (QED) is 0.427. The molecular formula is C23H22N4O3S. The maximum absolute atomic E-state index is 12.8. The van der Waals surface area contributed by atoms with Gasteiger partial charge in [0.2, 0.25) is 5.16 Å². The summed E-state index contributed by atoms with van der Waals surface area (Å²) < 4.78 is 12.2. The highest BCUT2D eigenvalue weighted by molar-refractivity contribution is 7.99. The number of aromatic nitrogens is 3. The first kappa shape index (κ1) is 20.9. The topological polar surface area (TPSA) is 78.6 Å². The average molecular weight is 435 g/mol. The molecule has 0 saturated heterocycles. The van der Waals surface area contributed by atoms with Crippen molar-refractivity contribution in [2.75, 3.05) is 19.5 Å². The molecule has 4 rings (SSSR count). The number of benzene rings is 2. The number of carbonyl (C=O) groups is 1. The van der Waals surface area contributed by atoms with E-state index in [4.69, 9.17) is 14.6 Å². The van der Waals surface area contributed by atoms with Crippen molar-refractivity contribution in [2.24, 2.45) is 5.10 Å². The molecule has 0 unspecified atom stereocenters. The molecule has 0 radical (unpaired) electrons. The molecule has 158 valence electrons. The molecule has 0 fully saturated rings. The Bertz CT molecular complexity index is 1170. The second-order valence-electron chi connectivity index (χ2n) is 6.87. The van der Waals surface area contributed by atoms with Crippen LogP contribution in [0.4, 0.5) is 0 Å². The van der Waals surface area contributed by atoms with Crippen molar-refractivity contribution in [3.8, 4) is 17.1 Å². The first-order valence-corrected chi connectivity index (χ1v) is 10.8. The Morgan fingerprint density at radius 3 is 2.71 bits per heavy atom. The van der Waals surface area contributed by atoms with Gasteiger partial charge in [0.1, 0.15) is 5.75 Å². The molecular weight excluding hydrogens is 412 g/mol. The predicted octanol–water partition coefficient (Wildman–Crippen LogP) is 4.22. The Labute approximate surface area is 184 Å². The molecule has 0 bridgehead atoms. The third-order valence-corrected chi connectivity index (χ3v) is 5.61. The zero-order chi connectivity index (χ0) is 21.8. The van der Waals surface area contributed by atoms with Crippen LogP contribution in [-0.2, 0) is 9.53 Å². The monoisotopic (exact) mass is 434 g/mol. The zero-order valence-corrected chi connectivity index (χ0v) is 18.3. The van der Waals surface area contributed by atoms with Gasteiger partial charge in [0.15, 0.2) is 5.82 Å². The molecule has 2 aromatic carbocycles. The Kier molecular flexibility index (Phi) is 6.18. The zero-order valence-electron chi connectivity index (χ0n) is 17.5. The van der Waals surface area contributed by atoms with Crippen LogP contribution >= 0.6 is 11.8 Å². The molecule has 0 saturated carbocycles. The summed E-state index contributed by atoms with van der Waals surface area (Å²) in [6, 6.07) is 15.5. The highest BCUT2D eigenvalue weighted by Gasteiger charge is 2.25. The van der Waals surface area contributed by atoms with E-state index in [9.17, 15) is 4.79 Å². The van der Waals surface area contributed by atoms with E-state index < -0.39 is 5.97 Å². The van der Waals surface area contributed by atoms with E-state index in [1.165, 1.54) is 11.8 Å². The number of carbonyl (C=O) groups excluding carboxylic acids is 1. The molecule has 1 aliphatic rings. The number of thioether (sulfide) groups is 1. The Morgan fingerprint density at radius 2 is 2.00 bits per heavy atom. The Hall–Kier alpha value is -3.39. The van der Waals surface area contributed by atoms with Crippen LogP contribution < -0.4 is 4.74 Å². The average Bonchev–Trinajstić information content (AvgIpc) is 3.21. The van der Waals surface area contributed by atoms with Crippen molar-refractivity contribution < 1.29 is 14.3 Å². The Balaban J connectivity index is 1.76. The number of ether oxygens (including phenoxy) is 2. The maximum atomic E-state index is 12.8. The molecule has 0 N–H and O–H groups in total. The summed E-state index contributed by atoms with van der Waals surface area (Å²) in [6.07, 6.45) is 1.83. The minimum absolute atomic E-state index is 0.291. The molecule has 8 heteroatoms. The molecule has 7 nitrogen and oxygen atoms in total. The van der Waals surface area contributed by atoms with Crippen LogP contribution in [0.25, 0.3) is 17.5 Å². The molecule has 1 aromatic heterocycles. The summed E-state index contributed by atoms with van der Waals surface area (Å²) in [7, 11) is 1.62. The molecule has 0 amide bonds. The molecule has 0 aliphatic carbocycles. The van der Waals surface area contributed by atoms with E-state index in [-0.39, 0.29) is 0 Å². The summed E-state index contributed by atoms with van der Waals surface area (Å²) >= 11 is 1.48. The second kappa shape index (κ2) is 9.18. The van der Waals surface area contributed by atoms with Gasteiger partial charge in [-0.25, -0.2) is 4.79 Å². The van der Waals surface area contributed by atoms with E-state index in [1.54, 1.807) is 18.7 Å². The first-order chi connectivity index (χ1) is 15.1. The van der Waals surface area contributed by atoms with Crippen LogP contribution in [-0.4, -0.2) is 46.0 Å². The van der Waals surface area contributed by atoms with E-state index in [1.807, 2.05) is 61.5 Å². The van der Waals surface area contributed by atoms with Crippen LogP contribution in [0.5, 0.6) is 5.75 Å². The molecule has 3 aromatic rings. The fourth-order valence-electron chi connectivity index (χ4n) is 3.18. The molecule has 0 atom stereocenters. The lowest BCUT2D eigenvalue weighted by Crippen LogP contribution is -2.21. The van der Waals surface area contributed by atoms with Gasteiger partial charge in [-0.3, -0.25) is 0 Å².